The third-order valence-electron chi connectivity index (χ3n) is 4.80. The molecule has 2 heterocycles. The van der Waals surface area contributed by atoms with Gasteiger partial charge in [-0.3, -0.25) is 4.79 Å². The second kappa shape index (κ2) is 7.55. The SMILES string of the molecule is COc1cc(NC(=O)c2sc3nc(C)c(C)c(C)c3c2N)cc(OC)c1OC. The average molecular weight is 401 g/mol. The molecule has 148 valence electrons. The highest BCUT2D eigenvalue weighted by Gasteiger charge is 2.21. The van der Waals surface area contributed by atoms with Crippen molar-refractivity contribution >= 4 is 38.8 Å². The Hall–Kier alpha value is -3.00. The molecule has 0 saturated heterocycles. The number of benzene rings is 1. The van der Waals surface area contributed by atoms with Gasteiger partial charge in [0.25, 0.3) is 5.91 Å². The topological polar surface area (TPSA) is 95.7 Å². The molecule has 7 nitrogen and oxygen atoms in total. The largest absolute Gasteiger partial charge is 0.493 e. The Morgan fingerprint density at radius 3 is 2.18 bits per heavy atom. The molecule has 0 aliphatic rings. The number of carbonyl (C=O) groups is 1. The van der Waals surface area contributed by atoms with Crippen LogP contribution in [0.4, 0.5) is 11.4 Å². The van der Waals surface area contributed by atoms with Crippen LogP contribution in [0.3, 0.4) is 0 Å². The standard InChI is InChI=1S/C20H23N3O4S/c1-9-10(2)15-16(21)18(28-20(15)22-11(9)3)19(24)23-12-7-13(25-4)17(27-6)14(8-12)26-5/h7-8H,21H2,1-6H3,(H,23,24). The lowest BCUT2D eigenvalue weighted by atomic mass is 10.1. The van der Waals surface area contributed by atoms with E-state index in [9.17, 15) is 4.79 Å². The summed E-state index contributed by atoms with van der Waals surface area (Å²) < 4.78 is 16.0. The summed E-state index contributed by atoms with van der Waals surface area (Å²) in [5.41, 5.74) is 10.3. The number of amides is 1. The number of nitrogens with two attached hydrogens (primary N) is 1. The molecule has 0 unspecified atom stereocenters. The van der Waals surface area contributed by atoms with E-state index >= 15 is 0 Å². The van der Waals surface area contributed by atoms with Gasteiger partial charge in [-0.05, 0) is 31.9 Å². The zero-order valence-corrected chi connectivity index (χ0v) is 17.5. The molecule has 3 N–H and O–H groups in total. The number of anilines is 2. The lowest BCUT2D eigenvalue weighted by Crippen LogP contribution is -2.12. The van der Waals surface area contributed by atoms with Gasteiger partial charge >= 0.3 is 0 Å². The molecule has 1 amide bonds. The molecule has 0 saturated carbocycles. The molecule has 0 aliphatic carbocycles. The van der Waals surface area contributed by atoms with E-state index in [4.69, 9.17) is 19.9 Å². The zero-order chi connectivity index (χ0) is 20.6. The number of aryl methyl sites for hydroxylation is 2. The van der Waals surface area contributed by atoms with E-state index < -0.39 is 0 Å². The van der Waals surface area contributed by atoms with E-state index in [1.54, 1.807) is 12.1 Å². The van der Waals surface area contributed by atoms with Crippen molar-refractivity contribution < 1.29 is 19.0 Å². The lowest BCUT2D eigenvalue weighted by molar-refractivity contribution is 0.103. The molecule has 2 aromatic heterocycles. The van der Waals surface area contributed by atoms with E-state index in [0.717, 1.165) is 27.0 Å². The van der Waals surface area contributed by atoms with Crippen LogP contribution in [0.15, 0.2) is 12.1 Å². The van der Waals surface area contributed by atoms with Gasteiger partial charge in [-0.25, -0.2) is 4.98 Å². The number of thiophene rings is 1. The van der Waals surface area contributed by atoms with Gasteiger partial charge in [0.2, 0.25) is 5.75 Å². The quantitative estimate of drug-likeness (QED) is 0.669. The van der Waals surface area contributed by atoms with Gasteiger partial charge in [0.05, 0.1) is 27.0 Å². The van der Waals surface area contributed by atoms with Gasteiger partial charge in [0.15, 0.2) is 11.5 Å². The molecule has 0 spiro atoms. The molecular formula is C20H23N3O4S. The first-order chi connectivity index (χ1) is 13.3. The molecule has 3 rings (SSSR count). The summed E-state index contributed by atoms with van der Waals surface area (Å²) in [6.07, 6.45) is 0. The molecule has 0 fully saturated rings. The number of pyridine rings is 1. The van der Waals surface area contributed by atoms with Crippen LogP contribution in [0.5, 0.6) is 17.2 Å². The predicted molar refractivity (Wildman–Crippen MR) is 112 cm³/mol. The second-order valence-corrected chi connectivity index (χ2v) is 7.34. The maximum atomic E-state index is 12.9. The summed E-state index contributed by atoms with van der Waals surface area (Å²) in [7, 11) is 4.56. The number of carbonyl (C=O) groups excluding carboxylic acids is 1. The van der Waals surface area contributed by atoms with E-state index in [2.05, 4.69) is 10.3 Å². The number of hydrogen-bond acceptors (Lipinski definition) is 7. The van der Waals surface area contributed by atoms with Crippen LogP contribution in [-0.4, -0.2) is 32.2 Å². The molecule has 8 heteroatoms. The first kappa shape index (κ1) is 19.8. The van der Waals surface area contributed by atoms with Gasteiger partial charge in [0.1, 0.15) is 9.71 Å². The van der Waals surface area contributed by atoms with Crippen molar-refractivity contribution in [3.63, 3.8) is 0 Å². The van der Waals surface area contributed by atoms with Crippen LogP contribution < -0.4 is 25.3 Å². The highest BCUT2D eigenvalue weighted by Crippen LogP contribution is 2.41. The van der Waals surface area contributed by atoms with Crippen LogP contribution >= 0.6 is 11.3 Å². The van der Waals surface area contributed by atoms with Gasteiger partial charge < -0.3 is 25.3 Å². The molecule has 1 aromatic carbocycles. The number of nitrogens with zero attached hydrogens (tertiary/aromatic N) is 1. The van der Waals surface area contributed by atoms with Crippen molar-refractivity contribution in [2.24, 2.45) is 0 Å². The predicted octanol–water partition coefficient (Wildman–Crippen LogP) is 4.08. The average Bonchev–Trinajstić information content (AvgIpc) is 3.01. The maximum Gasteiger partial charge on any atom is 0.267 e. The van der Waals surface area contributed by atoms with Crippen molar-refractivity contribution in [1.82, 2.24) is 4.98 Å². The lowest BCUT2D eigenvalue weighted by Gasteiger charge is -2.14. The van der Waals surface area contributed by atoms with Crippen molar-refractivity contribution in [3.05, 3.63) is 33.8 Å². The third-order valence-corrected chi connectivity index (χ3v) is 5.90. The summed E-state index contributed by atoms with van der Waals surface area (Å²) >= 11 is 1.28. The summed E-state index contributed by atoms with van der Waals surface area (Å²) in [4.78, 5) is 18.7. The third kappa shape index (κ3) is 3.20. The fraction of sp³-hybridized carbons (Fsp3) is 0.300. The summed E-state index contributed by atoms with van der Waals surface area (Å²) in [6, 6.07) is 3.33. The molecule has 0 aliphatic heterocycles. The highest BCUT2D eigenvalue weighted by atomic mass is 32.1. The minimum absolute atomic E-state index is 0.315. The fourth-order valence-electron chi connectivity index (χ4n) is 3.08. The summed E-state index contributed by atoms with van der Waals surface area (Å²) in [5, 5.41) is 3.69. The summed E-state index contributed by atoms with van der Waals surface area (Å²) in [6.45, 7) is 5.95. The Bertz CT molecular complexity index is 1050. The molecule has 3 aromatic rings. The number of fused-ring (bicyclic) bond motifs is 1. The Morgan fingerprint density at radius 1 is 1.04 bits per heavy atom. The Kier molecular flexibility index (Phi) is 5.33. The fourth-order valence-corrected chi connectivity index (χ4v) is 4.17. The van der Waals surface area contributed by atoms with E-state index in [0.29, 0.717) is 33.5 Å². The zero-order valence-electron chi connectivity index (χ0n) is 16.7. The Balaban J connectivity index is 2.02. The Morgan fingerprint density at radius 2 is 1.64 bits per heavy atom. The number of methoxy groups -OCH3 is 3. The smallest absolute Gasteiger partial charge is 0.267 e. The van der Waals surface area contributed by atoms with Crippen LogP contribution in [-0.2, 0) is 0 Å². The number of aromatic nitrogens is 1. The molecule has 0 radical (unpaired) electrons. The number of rotatable bonds is 5. The Labute approximate surface area is 167 Å². The van der Waals surface area contributed by atoms with Crippen molar-refractivity contribution in [1.29, 1.82) is 0 Å². The van der Waals surface area contributed by atoms with Crippen LogP contribution in [0, 0.1) is 20.8 Å². The molecular weight excluding hydrogens is 378 g/mol. The molecule has 0 atom stereocenters. The first-order valence-corrected chi connectivity index (χ1v) is 9.41. The number of hydrogen-bond donors (Lipinski definition) is 2. The van der Waals surface area contributed by atoms with Gasteiger partial charge in [-0.15, -0.1) is 11.3 Å². The van der Waals surface area contributed by atoms with E-state index in [1.165, 1.54) is 32.7 Å². The van der Waals surface area contributed by atoms with Crippen LogP contribution in [0.1, 0.15) is 26.5 Å². The van der Waals surface area contributed by atoms with Crippen molar-refractivity contribution in [2.75, 3.05) is 32.4 Å². The maximum absolute atomic E-state index is 12.9. The molecule has 0 bridgehead atoms. The van der Waals surface area contributed by atoms with Gasteiger partial charge in [-0.1, -0.05) is 0 Å². The molecule has 28 heavy (non-hydrogen) atoms. The second-order valence-electron chi connectivity index (χ2n) is 6.34. The normalized spacial score (nSPS) is 10.8. The van der Waals surface area contributed by atoms with Gasteiger partial charge in [0, 0.05) is 28.9 Å². The number of nitrogen functional groups attached to an aromatic ring is 1. The van der Waals surface area contributed by atoms with Gasteiger partial charge in [-0.2, -0.15) is 0 Å². The number of ether oxygens (including phenoxy) is 3. The monoisotopic (exact) mass is 401 g/mol. The van der Waals surface area contributed by atoms with Crippen LogP contribution in [0.2, 0.25) is 0 Å². The minimum atomic E-state index is -0.315. The summed E-state index contributed by atoms with van der Waals surface area (Å²) in [5.74, 6) is 1.04. The number of nitrogens with one attached hydrogen (secondary N) is 1. The van der Waals surface area contributed by atoms with Crippen LogP contribution in [0.25, 0.3) is 10.2 Å². The minimum Gasteiger partial charge on any atom is -0.493 e. The van der Waals surface area contributed by atoms with E-state index in [1.807, 2.05) is 20.8 Å². The van der Waals surface area contributed by atoms with Crippen molar-refractivity contribution in [2.45, 2.75) is 20.8 Å². The first-order valence-electron chi connectivity index (χ1n) is 8.59. The highest BCUT2D eigenvalue weighted by molar-refractivity contribution is 7.21. The van der Waals surface area contributed by atoms with Crippen molar-refractivity contribution in [3.8, 4) is 17.2 Å². The van der Waals surface area contributed by atoms with E-state index in [-0.39, 0.29) is 5.91 Å².